The van der Waals surface area contributed by atoms with Gasteiger partial charge in [-0.1, -0.05) is 25.1 Å². The lowest BCUT2D eigenvalue weighted by Gasteiger charge is -2.42. The van der Waals surface area contributed by atoms with Crippen molar-refractivity contribution in [2.75, 3.05) is 20.1 Å². The summed E-state index contributed by atoms with van der Waals surface area (Å²) in [6, 6.07) is 6.14. The molecular weight excluding hydrogens is 275 g/mol. The van der Waals surface area contributed by atoms with E-state index in [1.165, 1.54) is 11.0 Å². The van der Waals surface area contributed by atoms with Gasteiger partial charge in [0.05, 0.1) is 5.92 Å². The Bertz CT molecular complexity index is 543. The summed E-state index contributed by atoms with van der Waals surface area (Å²) in [5.74, 6) is -1.64. The molecule has 2 rings (SSSR count). The van der Waals surface area contributed by atoms with E-state index in [2.05, 4.69) is 0 Å². The second kappa shape index (κ2) is 6.11. The lowest BCUT2D eigenvalue weighted by Crippen LogP contribution is -2.56. The van der Waals surface area contributed by atoms with Crippen molar-refractivity contribution in [3.05, 3.63) is 35.6 Å². The predicted octanol–water partition coefficient (Wildman–Crippen LogP) is 2.03. The third-order valence-electron chi connectivity index (χ3n) is 3.97. The first-order valence-corrected chi connectivity index (χ1v) is 6.86. The summed E-state index contributed by atoms with van der Waals surface area (Å²) < 4.78 is 13.6. The maximum atomic E-state index is 13.6. The zero-order chi connectivity index (χ0) is 15.6. The van der Waals surface area contributed by atoms with Crippen LogP contribution in [0, 0.1) is 17.7 Å². The average Bonchev–Trinajstić information content (AvgIpc) is 2.39. The quantitative estimate of drug-likeness (QED) is 0.924. The van der Waals surface area contributed by atoms with Gasteiger partial charge >= 0.3 is 12.0 Å². The molecule has 5 nitrogen and oxygen atoms in total. The maximum absolute atomic E-state index is 13.6. The zero-order valence-electron chi connectivity index (χ0n) is 12.1. The number of carboxylic acid groups (broad SMARTS) is 1. The fourth-order valence-corrected chi connectivity index (χ4v) is 2.38. The van der Waals surface area contributed by atoms with Crippen molar-refractivity contribution < 1.29 is 19.1 Å². The summed E-state index contributed by atoms with van der Waals surface area (Å²) in [5.41, 5.74) is 0.462. The first-order valence-electron chi connectivity index (χ1n) is 6.86. The van der Waals surface area contributed by atoms with Gasteiger partial charge in [0.25, 0.3) is 0 Å². The normalized spacial score (nSPS) is 16.2. The molecule has 6 heteroatoms. The molecule has 1 aliphatic heterocycles. The number of amides is 2. The highest BCUT2D eigenvalue weighted by atomic mass is 19.1. The van der Waals surface area contributed by atoms with E-state index in [0.29, 0.717) is 18.7 Å². The van der Waals surface area contributed by atoms with E-state index >= 15 is 0 Å². The molecule has 1 heterocycles. The van der Waals surface area contributed by atoms with Crippen molar-refractivity contribution in [3.8, 4) is 0 Å². The van der Waals surface area contributed by atoms with E-state index in [-0.39, 0.29) is 24.3 Å². The van der Waals surface area contributed by atoms with Crippen molar-refractivity contribution in [3.63, 3.8) is 0 Å². The van der Waals surface area contributed by atoms with Crippen LogP contribution in [0.15, 0.2) is 24.3 Å². The Hall–Kier alpha value is -2.11. The fraction of sp³-hybridized carbons (Fsp3) is 0.467. The molecule has 114 valence electrons. The molecule has 0 spiro atoms. The number of hydrogen-bond acceptors (Lipinski definition) is 2. The molecule has 1 N–H and O–H groups in total. The Morgan fingerprint density at radius 2 is 2.05 bits per heavy atom. The Labute approximate surface area is 123 Å². The van der Waals surface area contributed by atoms with Crippen molar-refractivity contribution in [2.45, 2.75) is 13.5 Å². The van der Waals surface area contributed by atoms with Gasteiger partial charge in [0, 0.05) is 38.2 Å². The molecule has 0 saturated carbocycles. The Morgan fingerprint density at radius 1 is 1.43 bits per heavy atom. The zero-order valence-corrected chi connectivity index (χ0v) is 12.1. The monoisotopic (exact) mass is 294 g/mol. The Kier molecular flexibility index (Phi) is 4.45. The van der Waals surface area contributed by atoms with Gasteiger partial charge in [-0.2, -0.15) is 0 Å². The van der Waals surface area contributed by atoms with E-state index in [4.69, 9.17) is 5.11 Å². The summed E-state index contributed by atoms with van der Waals surface area (Å²) in [7, 11) is 1.61. The van der Waals surface area contributed by atoms with Gasteiger partial charge in [-0.25, -0.2) is 9.18 Å². The summed E-state index contributed by atoms with van der Waals surface area (Å²) >= 11 is 0. The molecule has 1 unspecified atom stereocenters. The van der Waals surface area contributed by atoms with Crippen LogP contribution >= 0.6 is 0 Å². The number of aliphatic carboxylic acids is 1. The van der Waals surface area contributed by atoms with Crippen LogP contribution in [0.2, 0.25) is 0 Å². The van der Waals surface area contributed by atoms with Gasteiger partial charge in [0.1, 0.15) is 5.82 Å². The number of halogens is 1. The number of likely N-dealkylation sites (tertiary alicyclic amines) is 1. The Morgan fingerprint density at radius 3 is 2.62 bits per heavy atom. The minimum Gasteiger partial charge on any atom is -0.481 e. The van der Waals surface area contributed by atoms with Crippen LogP contribution in [0.4, 0.5) is 9.18 Å². The standard InChI is InChI=1S/C15H19FN2O3/c1-10(14(19)20)12-8-18(9-12)15(21)17(2)7-11-5-3-4-6-13(11)16/h3-6,10,12H,7-9H2,1-2H3,(H,19,20). The lowest BCUT2D eigenvalue weighted by molar-refractivity contribution is -0.144. The molecule has 0 bridgehead atoms. The minimum absolute atomic E-state index is 0.00619. The second-order valence-electron chi connectivity index (χ2n) is 5.52. The topological polar surface area (TPSA) is 60.9 Å². The highest BCUT2D eigenvalue weighted by molar-refractivity contribution is 5.76. The number of rotatable bonds is 4. The van der Waals surface area contributed by atoms with Crippen LogP contribution in [0.3, 0.4) is 0 Å². The number of nitrogens with zero attached hydrogens (tertiary/aromatic N) is 2. The van der Waals surface area contributed by atoms with Crippen LogP contribution in [0.1, 0.15) is 12.5 Å². The maximum Gasteiger partial charge on any atom is 0.320 e. The molecule has 0 aromatic heterocycles. The van der Waals surface area contributed by atoms with Gasteiger partial charge in [-0.3, -0.25) is 4.79 Å². The number of hydrogen-bond donors (Lipinski definition) is 1. The largest absolute Gasteiger partial charge is 0.481 e. The van der Waals surface area contributed by atoms with Gasteiger partial charge in [0.15, 0.2) is 0 Å². The molecular formula is C15H19FN2O3. The molecule has 0 radical (unpaired) electrons. The second-order valence-corrected chi connectivity index (χ2v) is 5.52. The summed E-state index contributed by atoms with van der Waals surface area (Å²) in [6.07, 6.45) is 0. The number of urea groups is 1. The molecule has 1 fully saturated rings. The van der Waals surface area contributed by atoms with Crippen molar-refractivity contribution in [1.29, 1.82) is 0 Å². The van der Waals surface area contributed by atoms with Crippen molar-refractivity contribution >= 4 is 12.0 Å². The minimum atomic E-state index is -0.841. The molecule has 1 atom stereocenters. The number of carbonyl (C=O) groups excluding carboxylic acids is 1. The summed E-state index contributed by atoms with van der Waals surface area (Å²) in [6.45, 7) is 2.72. The highest BCUT2D eigenvalue weighted by Gasteiger charge is 2.38. The van der Waals surface area contributed by atoms with E-state index in [0.717, 1.165) is 0 Å². The van der Waals surface area contributed by atoms with Crippen LogP contribution in [0.25, 0.3) is 0 Å². The summed E-state index contributed by atoms with van der Waals surface area (Å²) in [5, 5.41) is 8.92. The van der Waals surface area contributed by atoms with Gasteiger partial charge in [-0.15, -0.1) is 0 Å². The third kappa shape index (κ3) is 3.32. The molecule has 1 saturated heterocycles. The number of benzene rings is 1. The summed E-state index contributed by atoms with van der Waals surface area (Å²) in [4.78, 5) is 26.1. The predicted molar refractivity (Wildman–Crippen MR) is 75.1 cm³/mol. The lowest BCUT2D eigenvalue weighted by atomic mass is 9.87. The van der Waals surface area contributed by atoms with E-state index in [1.807, 2.05) is 0 Å². The SMILES string of the molecule is CC(C(=O)O)C1CN(C(=O)N(C)Cc2ccccc2F)C1. The van der Waals surface area contributed by atoms with E-state index < -0.39 is 11.9 Å². The fourth-order valence-electron chi connectivity index (χ4n) is 2.38. The van der Waals surface area contributed by atoms with E-state index in [1.54, 1.807) is 37.1 Å². The smallest absolute Gasteiger partial charge is 0.320 e. The molecule has 1 aliphatic rings. The van der Waals surface area contributed by atoms with Gasteiger partial charge in [0.2, 0.25) is 0 Å². The van der Waals surface area contributed by atoms with E-state index in [9.17, 15) is 14.0 Å². The van der Waals surface area contributed by atoms with Crippen molar-refractivity contribution in [1.82, 2.24) is 9.80 Å². The van der Waals surface area contributed by atoms with Crippen LogP contribution in [0.5, 0.6) is 0 Å². The molecule has 21 heavy (non-hydrogen) atoms. The van der Waals surface area contributed by atoms with Gasteiger partial charge in [-0.05, 0) is 6.07 Å². The van der Waals surface area contributed by atoms with Gasteiger partial charge < -0.3 is 14.9 Å². The van der Waals surface area contributed by atoms with Crippen LogP contribution in [-0.2, 0) is 11.3 Å². The Balaban J connectivity index is 1.88. The third-order valence-corrected chi connectivity index (χ3v) is 3.97. The molecule has 0 aliphatic carbocycles. The highest BCUT2D eigenvalue weighted by Crippen LogP contribution is 2.25. The molecule has 2 amide bonds. The molecule has 1 aromatic rings. The van der Waals surface area contributed by atoms with Crippen LogP contribution < -0.4 is 0 Å². The first-order chi connectivity index (χ1) is 9.90. The number of carboxylic acids is 1. The van der Waals surface area contributed by atoms with Crippen molar-refractivity contribution in [2.24, 2.45) is 11.8 Å². The number of carbonyl (C=O) groups is 2. The van der Waals surface area contributed by atoms with Crippen LogP contribution in [-0.4, -0.2) is 47.0 Å². The molecule has 1 aromatic carbocycles. The first kappa shape index (κ1) is 15.3. The average molecular weight is 294 g/mol.